The number of hydrogen-bond acceptors (Lipinski definition) is 3. The molecular weight excluding hydrogens is 240 g/mol. The number of nitrogens with zero attached hydrogens (tertiary/aromatic N) is 1. The fourth-order valence-electron chi connectivity index (χ4n) is 1.95. The van der Waals surface area contributed by atoms with Crippen molar-refractivity contribution in [1.82, 2.24) is 10.5 Å². The van der Waals surface area contributed by atoms with E-state index in [2.05, 4.69) is 10.5 Å². The first-order chi connectivity index (χ1) is 9.01. The lowest BCUT2D eigenvalue weighted by atomic mass is 10.1. The highest BCUT2D eigenvalue weighted by atomic mass is 16.5. The maximum Gasteiger partial charge on any atom is 0.226 e. The van der Waals surface area contributed by atoms with Crippen molar-refractivity contribution in [3.8, 4) is 0 Å². The first kappa shape index (κ1) is 13.6. The van der Waals surface area contributed by atoms with Crippen LogP contribution in [0.2, 0.25) is 0 Å². The maximum atomic E-state index is 11.9. The number of rotatable bonds is 4. The van der Waals surface area contributed by atoms with Crippen molar-refractivity contribution in [3.05, 3.63) is 29.0 Å². The largest absolute Gasteiger partial charge is 0.356 e. The van der Waals surface area contributed by atoms with Crippen LogP contribution in [0.1, 0.15) is 37.1 Å². The number of aromatic nitrogens is 1. The topological polar surface area (TPSA) is 55.1 Å². The Kier molecular flexibility index (Phi) is 3.88. The van der Waals surface area contributed by atoms with Gasteiger partial charge in [0, 0.05) is 11.4 Å². The summed E-state index contributed by atoms with van der Waals surface area (Å²) in [5.41, 5.74) is 3.80. The van der Waals surface area contributed by atoms with E-state index in [0.717, 1.165) is 17.4 Å². The lowest BCUT2D eigenvalue weighted by Gasteiger charge is -2.10. The van der Waals surface area contributed by atoms with Crippen LogP contribution in [-0.4, -0.2) is 17.1 Å². The minimum Gasteiger partial charge on any atom is -0.356 e. The SMILES string of the molecule is CCC(C)NC(=O)Cc1noc2cc(C)c(C)cc12. The highest BCUT2D eigenvalue weighted by molar-refractivity contribution is 5.87. The molecule has 0 saturated carbocycles. The second-order valence-corrected chi connectivity index (χ2v) is 5.12. The lowest BCUT2D eigenvalue weighted by Crippen LogP contribution is -2.33. The third kappa shape index (κ3) is 2.95. The van der Waals surface area contributed by atoms with Crippen molar-refractivity contribution in [2.75, 3.05) is 0 Å². The van der Waals surface area contributed by atoms with Gasteiger partial charge in [0.2, 0.25) is 5.91 Å². The second-order valence-electron chi connectivity index (χ2n) is 5.12. The van der Waals surface area contributed by atoms with Crippen molar-refractivity contribution in [2.24, 2.45) is 0 Å². The summed E-state index contributed by atoms with van der Waals surface area (Å²) in [5.74, 6) is -0.0113. The number of benzene rings is 1. The van der Waals surface area contributed by atoms with Gasteiger partial charge in [0.05, 0.1) is 6.42 Å². The summed E-state index contributed by atoms with van der Waals surface area (Å²) in [7, 11) is 0. The molecule has 1 N–H and O–H groups in total. The van der Waals surface area contributed by atoms with Crippen LogP contribution in [0.3, 0.4) is 0 Å². The molecular formula is C15H20N2O2. The Balaban J connectivity index is 2.22. The monoisotopic (exact) mass is 260 g/mol. The van der Waals surface area contributed by atoms with Crippen LogP contribution in [0.15, 0.2) is 16.7 Å². The van der Waals surface area contributed by atoms with Gasteiger partial charge in [0.15, 0.2) is 5.58 Å². The number of nitrogens with one attached hydrogen (secondary N) is 1. The zero-order chi connectivity index (χ0) is 14.0. The quantitative estimate of drug-likeness (QED) is 0.919. The van der Waals surface area contributed by atoms with E-state index in [1.165, 1.54) is 11.1 Å². The number of hydrogen-bond donors (Lipinski definition) is 1. The van der Waals surface area contributed by atoms with Gasteiger partial charge in [-0.1, -0.05) is 12.1 Å². The third-order valence-corrected chi connectivity index (χ3v) is 3.51. The Labute approximate surface area is 113 Å². The molecule has 4 heteroatoms. The average molecular weight is 260 g/mol. The van der Waals surface area contributed by atoms with Gasteiger partial charge < -0.3 is 9.84 Å². The fraction of sp³-hybridized carbons (Fsp3) is 0.467. The number of fused-ring (bicyclic) bond motifs is 1. The molecule has 2 rings (SSSR count). The molecule has 0 fully saturated rings. The lowest BCUT2D eigenvalue weighted by molar-refractivity contribution is -0.121. The first-order valence-electron chi connectivity index (χ1n) is 6.66. The molecule has 1 atom stereocenters. The molecule has 4 nitrogen and oxygen atoms in total. The fourth-order valence-corrected chi connectivity index (χ4v) is 1.95. The minimum absolute atomic E-state index is 0.0113. The molecule has 2 aromatic rings. The molecule has 1 unspecified atom stereocenters. The Morgan fingerprint density at radius 3 is 2.74 bits per heavy atom. The second kappa shape index (κ2) is 5.43. The molecule has 0 aliphatic rings. The molecule has 0 radical (unpaired) electrons. The van der Waals surface area contributed by atoms with Crippen LogP contribution in [0.5, 0.6) is 0 Å². The number of aryl methyl sites for hydroxylation is 2. The predicted molar refractivity (Wildman–Crippen MR) is 75.1 cm³/mol. The van der Waals surface area contributed by atoms with Gasteiger partial charge in [-0.25, -0.2) is 0 Å². The molecule has 1 amide bonds. The van der Waals surface area contributed by atoms with Crippen LogP contribution in [0.4, 0.5) is 0 Å². The van der Waals surface area contributed by atoms with Crippen molar-refractivity contribution in [2.45, 2.75) is 46.6 Å². The smallest absolute Gasteiger partial charge is 0.226 e. The van der Waals surface area contributed by atoms with Gasteiger partial charge in [0.1, 0.15) is 5.69 Å². The Hall–Kier alpha value is -1.84. The summed E-state index contributed by atoms with van der Waals surface area (Å²) in [4.78, 5) is 11.9. The predicted octanol–water partition coefficient (Wildman–Crippen LogP) is 2.90. The van der Waals surface area contributed by atoms with Gasteiger partial charge in [-0.05, 0) is 50.5 Å². The molecule has 102 valence electrons. The van der Waals surface area contributed by atoms with Gasteiger partial charge in [-0.2, -0.15) is 0 Å². The minimum atomic E-state index is -0.0113. The van der Waals surface area contributed by atoms with Gasteiger partial charge >= 0.3 is 0 Å². The number of amides is 1. The Morgan fingerprint density at radius 2 is 2.05 bits per heavy atom. The number of carbonyl (C=O) groups excluding carboxylic acids is 1. The van der Waals surface area contributed by atoms with E-state index in [1.54, 1.807) is 0 Å². The zero-order valence-electron chi connectivity index (χ0n) is 11.9. The van der Waals surface area contributed by atoms with E-state index in [1.807, 2.05) is 39.8 Å². The van der Waals surface area contributed by atoms with E-state index in [0.29, 0.717) is 5.69 Å². The molecule has 0 spiro atoms. The molecule has 0 aliphatic heterocycles. The molecule has 0 saturated heterocycles. The van der Waals surface area contributed by atoms with Crippen LogP contribution >= 0.6 is 0 Å². The van der Waals surface area contributed by atoms with Crippen molar-refractivity contribution >= 4 is 16.9 Å². The van der Waals surface area contributed by atoms with E-state index >= 15 is 0 Å². The molecule has 0 bridgehead atoms. The third-order valence-electron chi connectivity index (χ3n) is 3.51. The zero-order valence-corrected chi connectivity index (χ0v) is 11.9. The molecule has 19 heavy (non-hydrogen) atoms. The normalized spacial score (nSPS) is 12.6. The molecule has 0 aliphatic carbocycles. The highest BCUT2D eigenvalue weighted by Gasteiger charge is 2.14. The summed E-state index contributed by atoms with van der Waals surface area (Å²) < 4.78 is 5.29. The van der Waals surface area contributed by atoms with Crippen molar-refractivity contribution in [1.29, 1.82) is 0 Å². The van der Waals surface area contributed by atoms with Crippen LogP contribution in [0.25, 0.3) is 11.0 Å². The average Bonchev–Trinajstić information content (AvgIpc) is 2.72. The van der Waals surface area contributed by atoms with Gasteiger partial charge in [0.25, 0.3) is 0 Å². The Morgan fingerprint density at radius 1 is 1.37 bits per heavy atom. The van der Waals surface area contributed by atoms with E-state index in [-0.39, 0.29) is 18.4 Å². The summed E-state index contributed by atoms with van der Waals surface area (Å²) in [6.07, 6.45) is 1.18. The summed E-state index contributed by atoms with van der Waals surface area (Å²) in [6.45, 7) is 8.12. The van der Waals surface area contributed by atoms with E-state index in [4.69, 9.17) is 4.52 Å². The maximum absolute atomic E-state index is 11.9. The summed E-state index contributed by atoms with van der Waals surface area (Å²) in [6, 6.07) is 4.19. The van der Waals surface area contributed by atoms with Crippen molar-refractivity contribution in [3.63, 3.8) is 0 Å². The van der Waals surface area contributed by atoms with Crippen LogP contribution in [-0.2, 0) is 11.2 Å². The van der Waals surface area contributed by atoms with Gasteiger partial charge in [-0.15, -0.1) is 0 Å². The molecule has 1 heterocycles. The molecule has 1 aromatic heterocycles. The van der Waals surface area contributed by atoms with Crippen molar-refractivity contribution < 1.29 is 9.32 Å². The standard InChI is InChI=1S/C15H20N2O2/c1-5-11(4)16-15(18)8-13-12-6-9(2)10(3)7-14(12)19-17-13/h6-7,11H,5,8H2,1-4H3,(H,16,18). The summed E-state index contributed by atoms with van der Waals surface area (Å²) in [5, 5.41) is 7.89. The van der Waals surface area contributed by atoms with E-state index < -0.39 is 0 Å². The van der Waals surface area contributed by atoms with Crippen LogP contribution < -0.4 is 5.32 Å². The van der Waals surface area contributed by atoms with Gasteiger partial charge in [-0.3, -0.25) is 4.79 Å². The highest BCUT2D eigenvalue weighted by Crippen LogP contribution is 2.22. The van der Waals surface area contributed by atoms with Crippen LogP contribution in [0, 0.1) is 13.8 Å². The number of carbonyl (C=O) groups is 1. The van der Waals surface area contributed by atoms with E-state index in [9.17, 15) is 4.79 Å². The first-order valence-corrected chi connectivity index (χ1v) is 6.66. The summed E-state index contributed by atoms with van der Waals surface area (Å²) >= 11 is 0. The Bertz CT molecular complexity index is 601. The molecule has 1 aromatic carbocycles.